The Morgan fingerprint density at radius 3 is 1.42 bits per heavy atom. The topological polar surface area (TPSA) is 99.7 Å². The molecule has 0 radical (unpaired) electrons. The predicted molar refractivity (Wildman–Crippen MR) is 122 cm³/mol. The van der Waals surface area contributed by atoms with Crippen LogP contribution in [0.1, 0.15) is 61.8 Å². The van der Waals surface area contributed by atoms with E-state index in [9.17, 15) is 0 Å². The summed E-state index contributed by atoms with van der Waals surface area (Å²) in [6.07, 6.45) is 0. The average Bonchev–Trinajstić information content (AvgIpc) is 2.41. The second-order valence-electron chi connectivity index (χ2n) is 5.87. The Morgan fingerprint density at radius 1 is 0.833 bits per heavy atom. The Balaban J connectivity index is 0. The van der Waals surface area contributed by atoms with E-state index in [2.05, 4.69) is 39.8 Å². The van der Waals surface area contributed by atoms with Gasteiger partial charge in [-0.3, -0.25) is 10.8 Å². The molecule has 1 aromatic carbocycles. The summed E-state index contributed by atoms with van der Waals surface area (Å²) in [4.78, 5) is 0. The van der Waals surface area contributed by atoms with Crippen molar-refractivity contribution >= 4 is 67.8 Å². The van der Waals surface area contributed by atoms with E-state index in [0.29, 0.717) is 23.3 Å². The third kappa shape index (κ3) is 8.27. The summed E-state index contributed by atoms with van der Waals surface area (Å²) >= 11 is 2.70. The number of rotatable bonds is 6. The lowest BCUT2D eigenvalue weighted by atomic mass is 9.89. The van der Waals surface area contributed by atoms with Crippen molar-refractivity contribution in [3.05, 3.63) is 34.4 Å². The normalized spacial score (nSPS) is 10.2. The lowest BCUT2D eigenvalue weighted by Gasteiger charge is -2.20. The Labute approximate surface area is 174 Å². The van der Waals surface area contributed by atoms with Crippen LogP contribution in [0.4, 0.5) is 0 Å². The highest BCUT2D eigenvalue weighted by molar-refractivity contribution is 8.93. The highest BCUT2D eigenvalue weighted by Gasteiger charge is 2.15. The quantitative estimate of drug-likeness (QED) is 0.313. The molecule has 24 heavy (non-hydrogen) atoms. The minimum atomic E-state index is 0. The van der Waals surface area contributed by atoms with Crippen molar-refractivity contribution in [3.8, 4) is 0 Å². The fraction of sp³-hybridized carbons (Fsp3) is 0.500. The average molecular weight is 500 g/mol. The summed E-state index contributed by atoms with van der Waals surface area (Å²) in [5.41, 5.74) is 16.0. The number of halogens is 2. The van der Waals surface area contributed by atoms with Crippen LogP contribution in [0.2, 0.25) is 0 Å². The highest BCUT2D eigenvalue weighted by Crippen LogP contribution is 2.32. The fourth-order valence-corrected chi connectivity index (χ4v) is 3.49. The van der Waals surface area contributed by atoms with Gasteiger partial charge in [-0.1, -0.05) is 63.4 Å². The van der Waals surface area contributed by atoms with Crippen molar-refractivity contribution in [3.63, 3.8) is 0 Å². The molecule has 0 saturated carbocycles. The number of amidine groups is 2. The smallest absolute Gasteiger partial charge is 0.151 e. The SMILES string of the molecule is Br.Br.CC(C)c1cc(C(C)C)c(CSC(=N)N)cc1CSC(=N)N. The summed E-state index contributed by atoms with van der Waals surface area (Å²) in [5.74, 6) is 2.27. The molecule has 0 bridgehead atoms. The summed E-state index contributed by atoms with van der Waals surface area (Å²) in [6, 6.07) is 4.48. The molecule has 0 aliphatic rings. The van der Waals surface area contributed by atoms with Crippen molar-refractivity contribution < 1.29 is 0 Å². The maximum absolute atomic E-state index is 7.41. The number of nitrogens with two attached hydrogens (primary N) is 2. The van der Waals surface area contributed by atoms with E-state index < -0.39 is 0 Å². The van der Waals surface area contributed by atoms with Gasteiger partial charge in [0, 0.05) is 11.5 Å². The Hall–Kier alpha value is -0.180. The van der Waals surface area contributed by atoms with E-state index in [-0.39, 0.29) is 44.3 Å². The third-order valence-corrected chi connectivity index (χ3v) is 4.94. The third-order valence-electron chi connectivity index (χ3n) is 3.41. The molecular formula is C16H28Br2N4S2. The van der Waals surface area contributed by atoms with Crippen LogP contribution < -0.4 is 11.5 Å². The number of hydrogen-bond acceptors (Lipinski definition) is 4. The summed E-state index contributed by atoms with van der Waals surface area (Å²) in [7, 11) is 0. The minimum absolute atomic E-state index is 0. The van der Waals surface area contributed by atoms with Crippen LogP contribution in [0.15, 0.2) is 12.1 Å². The summed E-state index contributed by atoms with van der Waals surface area (Å²) in [5, 5.41) is 15.1. The predicted octanol–water partition coefficient (Wildman–Crippen LogP) is 5.34. The van der Waals surface area contributed by atoms with E-state index >= 15 is 0 Å². The molecule has 8 heteroatoms. The maximum Gasteiger partial charge on any atom is 0.151 e. The zero-order valence-electron chi connectivity index (χ0n) is 14.5. The highest BCUT2D eigenvalue weighted by atomic mass is 79.9. The molecule has 4 nitrogen and oxygen atoms in total. The van der Waals surface area contributed by atoms with Crippen LogP contribution in [0.3, 0.4) is 0 Å². The van der Waals surface area contributed by atoms with E-state index in [1.165, 1.54) is 45.8 Å². The lowest BCUT2D eigenvalue weighted by molar-refractivity contribution is 0.818. The zero-order valence-corrected chi connectivity index (χ0v) is 19.6. The maximum atomic E-state index is 7.41. The van der Waals surface area contributed by atoms with Gasteiger partial charge in [0.1, 0.15) is 0 Å². The Kier molecular flexibility index (Phi) is 13.3. The standard InChI is InChI=1S/C16H26N4S2.2BrH/c1-9(2)13-6-14(10(3)4)12(8-22-16(19)20)5-11(13)7-21-15(17)18;;/h5-6,9-10H,7-8H2,1-4H3,(H3,17,18)(H3,19,20);2*1H. The first-order valence-corrected chi connectivity index (χ1v) is 9.28. The zero-order chi connectivity index (χ0) is 16.9. The van der Waals surface area contributed by atoms with Gasteiger partial charge in [0.2, 0.25) is 0 Å². The first-order valence-electron chi connectivity index (χ1n) is 7.31. The molecular weight excluding hydrogens is 472 g/mol. The Bertz CT molecular complexity index is 518. The van der Waals surface area contributed by atoms with Gasteiger partial charge in [0.25, 0.3) is 0 Å². The molecule has 0 fully saturated rings. The van der Waals surface area contributed by atoms with Gasteiger partial charge >= 0.3 is 0 Å². The molecule has 0 amide bonds. The second-order valence-corrected chi connectivity index (χ2v) is 7.90. The second kappa shape index (κ2) is 12.2. The van der Waals surface area contributed by atoms with Crippen LogP contribution >= 0.6 is 57.5 Å². The lowest BCUT2D eigenvalue weighted by Crippen LogP contribution is -2.08. The van der Waals surface area contributed by atoms with Crippen LogP contribution in [0, 0.1) is 10.8 Å². The number of hydrogen-bond donors (Lipinski definition) is 4. The van der Waals surface area contributed by atoms with Crippen LogP contribution in [-0.2, 0) is 11.5 Å². The van der Waals surface area contributed by atoms with E-state index in [1.54, 1.807) is 0 Å². The summed E-state index contributed by atoms with van der Waals surface area (Å²) < 4.78 is 0. The molecule has 0 spiro atoms. The molecule has 0 aliphatic heterocycles. The largest absolute Gasteiger partial charge is 0.379 e. The Morgan fingerprint density at radius 2 is 1.17 bits per heavy atom. The monoisotopic (exact) mass is 498 g/mol. The van der Waals surface area contributed by atoms with Crippen molar-refractivity contribution in [1.82, 2.24) is 0 Å². The van der Waals surface area contributed by atoms with Gasteiger partial charge in [0.15, 0.2) is 10.3 Å². The van der Waals surface area contributed by atoms with Crippen molar-refractivity contribution in [1.29, 1.82) is 10.8 Å². The fourth-order valence-electron chi connectivity index (χ4n) is 2.37. The van der Waals surface area contributed by atoms with Crippen LogP contribution in [0.25, 0.3) is 0 Å². The van der Waals surface area contributed by atoms with Gasteiger partial charge in [-0.2, -0.15) is 0 Å². The first-order chi connectivity index (χ1) is 10.2. The molecule has 0 saturated heterocycles. The number of nitrogens with one attached hydrogen (secondary N) is 2. The van der Waals surface area contributed by atoms with Crippen molar-refractivity contribution in [2.45, 2.75) is 51.0 Å². The van der Waals surface area contributed by atoms with Crippen molar-refractivity contribution in [2.24, 2.45) is 11.5 Å². The number of thioether (sulfide) groups is 2. The van der Waals surface area contributed by atoms with E-state index in [4.69, 9.17) is 22.3 Å². The molecule has 1 aromatic rings. The molecule has 0 aliphatic carbocycles. The van der Waals surface area contributed by atoms with Gasteiger partial charge in [-0.25, -0.2) is 0 Å². The van der Waals surface area contributed by atoms with E-state index in [1.807, 2.05) is 0 Å². The molecule has 138 valence electrons. The minimum Gasteiger partial charge on any atom is -0.379 e. The van der Waals surface area contributed by atoms with Crippen molar-refractivity contribution in [2.75, 3.05) is 0 Å². The molecule has 6 N–H and O–H groups in total. The van der Waals surface area contributed by atoms with Gasteiger partial charge in [-0.05, 0) is 34.1 Å². The van der Waals surface area contributed by atoms with Crippen LogP contribution in [0.5, 0.6) is 0 Å². The molecule has 0 aromatic heterocycles. The molecule has 0 atom stereocenters. The van der Waals surface area contributed by atoms with E-state index in [0.717, 1.165) is 0 Å². The number of benzene rings is 1. The van der Waals surface area contributed by atoms with Gasteiger partial charge in [0.05, 0.1) is 0 Å². The molecule has 0 heterocycles. The summed E-state index contributed by atoms with van der Waals surface area (Å²) in [6.45, 7) is 8.74. The van der Waals surface area contributed by atoms with Gasteiger partial charge < -0.3 is 11.5 Å². The first kappa shape index (κ1) is 26.1. The van der Waals surface area contributed by atoms with Crippen LogP contribution in [-0.4, -0.2) is 10.3 Å². The molecule has 1 rings (SSSR count). The molecule has 0 unspecified atom stereocenters. The van der Waals surface area contributed by atoms with Gasteiger partial charge in [-0.15, -0.1) is 34.0 Å².